The second-order valence-electron chi connectivity index (χ2n) is 6.27. The summed E-state index contributed by atoms with van der Waals surface area (Å²) in [7, 11) is -3.42. The SMILES string of the molecule is Cc1c(CN)cccc1S(=O)(=O)N(CCC(C)C)C1CC1. The van der Waals surface area contributed by atoms with Crippen LogP contribution in [0.4, 0.5) is 0 Å². The topological polar surface area (TPSA) is 63.4 Å². The molecule has 1 saturated carbocycles. The Balaban J connectivity index is 2.34. The lowest BCUT2D eigenvalue weighted by Gasteiger charge is -2.24. The highest BCUT2D eigenvalue weighted by atomic mass is 32.2. The smallest absolute Gasteiger partial charge is 0.243 e. The van der Waals surface area contributed by atoms with Crippen molar-refractivity contribution >= 4 is 10.0 Å². The number of benzene rings is 1. The number of sulfonamides is 1. The van der Waals surface area contributed by atoms with Crippen molar-refractivity contribution in [2.24, 2.45) is 11.7 Å². The molecule has 1 aliphatic rings. The van der Waals surface area contributed by atoms with Crippen molar-refractivity contribution in [3.05, 3.63) is 29.3 Å². The molecule has 1 aromatic carbocycles. The zero-order valence-electron chi connectivity index (χ0n) is 13.2. The van der Waals surface area contributed by atoms with E-state index in [-0.39, 0.29) is 6.04 Å². The van der Waals surface area contributed by atoms with Crippen molar-refractivity contribution in [3.63, 3.8) is 0 Å². The van der Waals surface area contributed by atoms with Crippen LogP contribution in [0.25, 0.3) is 0 Å². The number of hydrogen-bond donors (Lipinski definition) is 1. The van der Waals surface area contributed by atoms with E-state index in [2.05, 4.69) is 13.8 Å². The van der Waals surface area contributed by atoms with Crippen molar-refractivity contribution in [1.82, 2.24) is 4.31 Å². The number of hydrogen-bond acceptors (Lipinski definition) is 3. The van der Waals surface area contributed by atoms with E-state index >= 15 is 0 Å². The van der Waals surface area contributed by atoms with Crippen LogP contribution in [-0.2, 0) is 16.6 Å². The predicted octanol–water partition coefficient (Wildman–Crippen LogP) is 2.65. The van der Waals surface area contributed by atoms with E-state index in [1.807, 2.05) is 13.0 Å². The molecule has 0 amide bonds. The molecule has 0 atom stereocenters. The van der Waals surface area contributed by atoms with Crippen LogP contribution in [0.15, 0.2) is 23.1 Å². The van der Waals surface area contributed by atoms with Crippen LogP contribution >= 0.6 is 0 Å². The first kappa shape index (κ1) is 16.5. The molecule has 2 N–H and O–H groups in total. The molecule has 0 bridgehead atoms. The second-order valence-corrected chi connectivity index (χ2v) is 8.13. The Morgan fingerprint density at radius 2 is 2.00 bits per heavy atom. The van der Waals surface area contributed by atoms with E-state index in [1.54, 1.807) is 16.4 Å². The minimum absolute atomic E-state index is 0.190. The lowest BCUT2D eigenvalue weighted by Crippen LogP contribution is -2.35. The summed E-state index contributed by atoms with van der Waals surface area (Å²) in [5.74, 6) is 0.498. The Labute approximate surface area is 128 Å². The molecule has 0 aliphatic heterocycles. The van der Waals surface area contributed by atoms with Gasteiger partial charge in [0.05, 0.1) is 4.90 Å². The van der Waals surface area contributed by atoms with E-state index in [0.29, 0.717) is 23.9 Å². The van der Waals surface area contributed by atoms with Crippen LogP contribution in [0.1, 0.15) is 44.2 Å². The molecule has 0 radical (unpaired) electrons. The largest absolute Gasteiger partial charge is 0.326 e. The first-order chi connectivity index (χ1) is 9.87. The summed E-state index contributed by atoms with van der Waals surface area (Å²) < 4.78 is 27.7. The molecule has 21 heavy (non-hydrogen) atoms. The Morgan fingerprint density at radius 3 is 2.52 bits per heavy atom. The van der Waals surface area contributed by atoms with Gasteiger partial charge in [0.1, 0.15) is 0 Å². The molecule has 2 rings (SSSR count). The molecular formula is C16H26N2O2S. The zero-order valence-corrected chi connectivity index (χ0v) is 14.0. The third kappa shape index (κ3) is 3.65. The average molecular weight is 310 g/mol. The summed E-state index contributed by atoms with van der Waals surface area (Å²) in [5, 5.41) is 0. The maximum Gasteiger partial charge on any atom is 0.243 e. The molecule has 1 aliphatic carbocycles. The standard InChI is InChI=1S/C16H26N2O2S/c1-12(2)9-10-18(15-7-8-15)21(19,20)16-6-4-5-14(11-17)13(16)3/h4-6,12,15H,7-11,17H2,1-3H3. The lowest BCUT2D eigenvalue weighted by atomic mass is 10.1. The molecule has 0 unspecified atom stereocenters. The fourth-order valence-corrected chi connectivity index (χ4v) is 4.50. The maximum absolute atomic E-state index is 13.0. The molecule has 0 spiro atoms. The van der Waals surface area contributed by atoms with Gasteiger partial charge in [-0.15, -0.1) is 0 Å². The average Bonchev–Trinajstić information content (AvgIpc) is 3.23. The first-order valence-corrected chi connectivity index (χ1v) is 9.12. The molecule has 1 fully saturated rings. The number of nitrogens with two attached hydrogens (primary N) is 1. The van der Waals surface area contributed by atoms with Gasteiger partial charge in [-0.25, -0.2) is 8.42 Å². The van der Waals surface area contributed by atoms with Gasteiger partial charge in [0.2, 0.25) is 10.0 Å². The molecule has 1 aromatic rings. The predicted molar refractivity (Wildman–Crippen MR) is 85.4 cm³/mol. The van der Waals surface area contributed by atoms with Gasteiger partial charge >= 0.3 is 0 Å². The van der Waals surface area contributed by atoms with Crippen LogP contribution in [0.3, 0.4) is 0 Å². The lowest BCUT2D eigenvalue weighted by molar-refractivity contribution is 0.373. The van der Waals surface area contributed by atoms with Gasteiger partial charge in [0.15, 0.2) is 0 Å². The van der Waals surface area contributed by atoms with Crippen molar-refractivity contribution in [1.29, 1.82) is 0 Å². The summed E-state index contributed by atoms with van der Waals surface area (Å²) in [5.41, 5.74) is 7.39. The van der Waals surface area contributed by atoms with Crippen molar-refractivity contribution in [3.8, 4) is 0 Å². The Kier molecular flexibility index (Phi) is 5.07. The van der Waals surface area contributed by atoms with Crippen LogP contribution in [0.2, 0.25) is 0 Å². The van der Waals surface area contributed by atoms with Gasteiger partial charge in [0, 0.05) is 19.1 Å². The minimum atomic E-state index is -3.42. The van der Waals surface area contributed by atoms with Gasteiger partial charge < -0.3 is 5.73 Å². The van der Waals surface area contributed by atoms with Crippen LogP contribution in [-0.4, -0.2) is 25.3 Å². The van der Waals surface area contributed by atoms with E-state index in [1.165, 1.54) is 0 Å². The van der Waals surface area contributed by atoms with Crippen molar-refractivity contribution < 1.29 is 8.42 Å². The van der Waals surface area contributed by atoms with E-state index in [4.69, 9.17) is 5.73 Å². The molecule has 0 aromatic heterocycles. The molecule has 118 valence electrons. The molecule has 4 nitrogen and oxygen atoms in total. The maximum atomic E-state index is 13.0. The minimum Gasteiger partial charge on any atom is -0.326 e. The first-order valence-electron chi connectivity index (χ1n) is 7.68. The summed E-state index contributed by atoms with van der Waals surface area (Å²) in [6.45, 7) is 7.07. The van der Waals surface area contributed by atoms with Crippen molar-refractivity contribution in [2.45, 2.75) is 57.5 Å². The summed E-state index contributed by atoms with van der Waals surface area (Å²) in [6.07, 6.45) is 2.85. The summed E-state index contributed by atoms with van der Waals surface area (Å²) >= 11 is 0. The fraction of sp³-hybridized carbons (Fsp3) is 0.625. The molecular weight excluding hydrogens is 284 g/mol. The zero-order chi connectivity index (χ0) is 15.6. The van der Waals surface area contributed by atoms with Crippen LogP contribution < -0.4 is 5.73 Å². The highest BCUT2D eigenvalue weighted by Gasteiger charge is 2.38. The normalized spacial score (nSPS) is 15.9. The van der Waals surface area contributed by atoms with Gasteiger partial charge in [0.25, 0.3) is 0 Å². The van der Waals surface area contributed by atoms with E-state index in [9.17, 15) is 8.42 Å². The van der Waals surface area contributed by atoms with Crippen LogP contribution in [0.5, 0.6) is 0 Å². The van der Waals surface area contributed by atoms with E-state index in [0.717, 1.165) is 30.4 Å². The third-order valence-corrected chi connectivity index (χ3v) is 6.18. The summed E-state index contributed by atoms with van der Waals surface area (Å²) in [6, 6.07) is 5.57. The quantitative estimate of drug-likeness (QED) is 0.842. The van der Waals surface area contributed by atoms with Crippen molar-refractivity contribution in [2.75, 3.05) is 6.54 Å². The Hall–Kier alpha value is -0.910. The van der Waals surface area contributed by atoms with E-state index < -0.39 is 10.0 Å². The third-order valence-electron chi connectivity index (χ3n) is 4.08. The second kappa shape index (κ2) is 6.46. The number of nitrogens with zero attached hydrogens (tertiary/aromatic N) is 1. The van der Waals surface area contributed by atoms with Gasteiger partial charge in [-0.1, -0.05) is 26.0 Å². The molecule has 0 saturated heterocycles. The Morgan fingerprint density at radius 1 is 1.33 bits per heavy atom. The molecule has 0 heterocycles. The van der Waals surface area contributed by atoms with Crippen LogP contribution in [0, 0.1) is 12.8 Å². The molecule has 5 heteroatoms. The number of rotatable bonds is 7. The fourth-order valence-electron chi connectivity index (χ4n) is 2.53. The van der Waals surface area contributed by atoms with Gasteiger partial charge in [-0.3, -0.25) is 0 Å². The Bertz CT molecular complexity index is 592. The monoisotopic (exact) mass is 310 g/mol. The summed E-state index contributed by atoms with van der Waals surface area (Å²) in [4.78, 5) is 0.418. The van der Waals surface area contributed by atoms with Gasteiger partial charge in [-0.05, 0) is 49.3 Å². The highest BCUT2D eigenvalue weighted by molar-refractivity contribution is 7.89. The van der Waals surface area contributed by atoms with Gasteiger partial charge in [-0.2, -0.15) is 4.31 Å². The highest BCUT2D eigenvalue weighted by Crippen LogP contribution is 2.34.